The summed E-state index contributed by atoms with van der Waals surface area (Å²) in [6, 6.07) is 3.06. The molecule has 1 fully saturated rings. The highest BCUT2D eigenvalue weighted by molar-refractivity contribution is 6.32. The maximum Gasteiger partial charge on any atom is 0.322 e. The molecule has 0 saturated carbocycles. The zero-order valence-corrected chi connectivity index (χ0v) is 10.0. The minimum absolute atomic E-state index is 0.00576. The predicted octanol–water partition coefficient (Wildman–Crippen LogP) is 1.72. The van der Waals surface area contributed by atoms with E-state index < -0.39 is 0 Å². The first-order valence-corrected chi connectivity index (χ1v) is 5.89. The summed E-state index contributed by atoms with van der Waals surface area (Å²) >= 11 is 5.85. The van der Waals surface area contributed by atoms with Crippen LogP contribution in [-0.2, 0) is 0 Å². The SMILES string of the molecule is O=C(Nc1cccnc1Cl)N1CCC[C@@H]1CO. The molecule has 92 valence electrons. The van der Waals surface area contributed by atoms with Crippen molar-refractivity contribution < 1.29 is 9.90 Å². The van der Waals surface area contributed by atoms with Crippen LogP contribution in [0.4, 0.5) is 10.5 Å². The number of pyridine rings is 1. The molecule has 2 N–H and O–H groups in total. The van der Waals surface area contributed by atoms with Crippen molar-refractivity contribution in [1.82, 2.24) is 9.88 Å². The number of rotatable bonds is 2. The molecule has 6 heteroatoms. The minimum atomic E-state index is -0.239. The van der Waals surface area contributed by atoms with Gasteiger partial charge in [-0.3, -0.25) is 0 Å². The average molecular weight is 256 g/mol. The lowest BCUT2D eigenvalue weighted by molar-refractivity contribution is 0.166. The maximum atomic E-state index is 12.0. The van der Waals surface area contributed by atoms with Crippen LogP contribution in [0.25, 0.3) is 0 Å². The van der Waals surface area contributed by atoms with Gasteiger partial charge in [-0.1, -0.05) is 11.6 Å². The second-order valence-electron chi connectivity index (χ2n) is 3.94. The molecule has 17 heavy (non-hydrogen) atoms. The van der Waals surface area contributed by atoms with E-state index in [1.54, 1.807) is 23.2 Å². The molecule has 1 aromatic rings. The number of aliphatic hydroxyl groups is 1. The van der Waals surface area contributed by atoms with E-state index in [-0.39, 0.29) is 23.8 Å². The normalized spacial score (nSPS) is 19.4. The Kier molecular flexibility index (Phi) is 3.81. The second-order valence-corrected chi connectivity index (χ2v) is 4.30. The van der Waals surface area contributed by atoms with Gasteiger partial charge in [-0.25, -0.2) is 9.78 Å². The van der Waals surface area contributed by atoms with Gasteiger partial charge in [0.05, 0.1) is 18.3 Å². The zero-order chi connectivity index (χ0) is 12.3. The number of nitrogens with zero attached hydrogens (tertiary/aromatic N) is 2. The fourth-order valence-corrected chi connectivity index (χ4v) is 2.13. The quantitative estimate of drug-likeness (QED) is 0.791. The second kappa shape index (κ2) is 5.33. The molecule has 1 aliphatic rings. The van der Waals surface area contributed by atoms with E-state index in [1.807, 2.05) is 0 Å². The number of carbonyl (C=O) groups excluding carboxylic acids is 1. The number of hydrogen-bond acceptors (Lipinski definition) is 3. The Bertz CT molecular complexity index is 413. The van der Waals surface area contributed by atoms with E-state index >= 15 is 0 Å². The standard InChI is InChI=1S/C11H14ClN3O2/c12-10-9(4-1-5-13-10)14-11(17)15-6-2-3-8(15)7-16/h1,4-5,8,16H,2-3,6-7H2,(H,14,17)/t8-/m1/s1. The molecule has 0 spiro atoms. The molecule has 0 bridgehead atoms. The van der Waals surface area contributed by atoms with Crippen molar-refractivity contribution in [1.29, 1.82) is 0 Å². The van der Waals surface area contributed by atoms with Crippen LogP contribution < -0.4 is 5.32 Å². The van der Waals surface area contributed by atoms with Crippen molar-refractivity contribution in [3.63, 3.8) is 0 Å². The number of nitrogens with one attached hydrogen (secondary N) is 1. The fraction of sp³-hybridized carbons (Fsp3) is 0.455. The summed E-state index contributed by atoms with van der Waals surface area (Å²) in [6.07, 6.45) is 3.31. The van der Waals surface area contributed by atoms with Crippen LogP contribution in [0.15, 0.2) is 18.3 Å². The molecule has 2 rings (SSSR count). The van der Waals surface area contributed by atoms with Crippen LogP contribution in [0.3, 0.4) is 0 Å². The first kappa shape index (κ1) is 12.1. The van der Waals surface area contributed by atoms with Crippen molar-refractivity contribution in [2.24, 2.45) is 0 Å². The molecule has 1 aromatic heterocycles. The van der Waals surface area contributed by atoms with Crippen molar-refractivity contribution in [2.45, 2.75) is 18.9 Å². The molecular weight excluding hydrogens is 242 g/mol. The Labute approximate surface area is 104 Å². The van der Waals surface area contributed by atoms with E-state index in [9.17, 15) is 4.79 Å². The van der Waals surface area contributed by atoms with Gasteiger partial charge in [0.1, 0.15) is 0 Å². The van der Waals surface area contributed by atoms with E-state index in [2.05, 4.69) is 10.3 Å². The fourth-order valence-electron chi connectivity index (χ4n) is 1.96. The maximum absolute atomic E-state index is 12.0. The number of halogens is 1. The van der Waals surface area contributed by atoms with Crippen LogP contribution in [0.1, 0.15) is 12.8 Å². The topological polar surface area (TPSA) is 65.5 Å². The molecule has 0 aromatic carbocycles. The molecular formula is C11H14ClN3O2. The lowest BCUT2D eigenvalue weighted by Gasteiger charge is -2.23. The monoisotopic (exact) mass is 255 g/mol. The minimum Gasteiger partial charge on any atom is -0.394 e. The van der Waals surface area contributed by atoms with Gasteiger partial charge in [0.15, 0.2) is 5.15 Å². The van der Waals surface area contributed by atoms with Crippen LogP contribution in [-0.4, -0.2) is 40.2 Å². The van der Waals surface area contributed by atoms with Crippen LogP contribution in [0.5, 0.6) is 0 Å². The third-order valence-corrected chi connectivity index (χ3v) is 3.15. The third kappa shape index (κ3) is 2.68. The molecule has 1 saturated heterocycles. The molecule has 0 aliphatic carbocycles. The van der Waals surface area contributed by atoms with Gasteiger partial charge in [0, 0.05) is 12.7 Å². The molecule has 5 nitrogen and oxygen atoms in total. The average Bonchev–Trinajstić information content (AvgIpc) is 2.80. The highest BCUT2D eigenvalue weighted by atomic mass is 35.5. The summed E-state index contributed by atoms with van der Waals surface area (Å²) < 4.78 is 0. The Hall–Kier alpha value is -1.33. The largest absolute Gasteiger partial charge is 0.394 e. The number of likely N-dealkylation sites (tertiary alicyclic amines) is 1. The summed E-state index contributed by atoms with van der Waals surface area (Å²) in [5.74, 6) is 0. The lowest BCUT2D eigenvalue weighted by Crippen LogP contribution is -2.40. The first-order valence-electron chi connectivity index (χ1n) is 5.51. The molecule has 1 aliphatic heterocycles. The van der Waals surface area contributed by atoms with Gasteiger partial charge in [-0.15, -0.1) is 0 Å². The molecule has 2 heterocycles. The smallest absolute Gasteiger partial charge is 0.322 e. The van der Waals surface area contributed by atoms with Crippen molar-refractivity contribution in [3.05, 3.63) is 23.5 Å². The predicted molar refractivity (Wildman–Crippen MR) is 65.1 cm³/mol. The number of amides is 2. The summed E-state index contributed by atoms with van der Waals surface area (Å²) in [6.45, 7) is 0.656. The highest BCUT2D eigenvalue weighted by Gasteiger charge is 2.28. The summed E-state index contributed by atoms with van der Waals surface area (Å²) in [5.41, 5.74) is 0.489. The number of hydrogen-bond donors (Lipinski definition) is 2. The number of anilines is 1. The molecule has 0 radical (unpaired) electrons. The Morgan fingerprint density at radius 2 is 2.53 bits per heavy atom. The van der Waals surface area contributed by atoms with Gasteiger partial charge >= 0.3 is 6.03 Å². The summed E-state index contributed by atoms with van der Waals surface area (Å²) in [5, 5.41) is 12.1. The number of urea groups is 1. The number of aromatic nitrogens is 1. The third-order valence-electron chi connectivity index (χ3n) is 2.85. The van der Waals surface area contributed by atoms with Crippen LogP contribution in [0, 0.1) is 0 Å². The Balaban J connectivity index is 2.04. The van der Waals surface area contributed by atoms with Gasteiger partial charge < -0.3 is 15.3 Å². The van der Waals surface area contributed by atoms with E-state index in [4.69, 9.17) is 16.7 Å². The molecule has 1 atom stereocenters. The summed E-state index contributed by atoms with van der Waals surface area (Å²) in [7, 11) is 0. The molecule has 2 amide bonds. The first-order chi connectivity index (χ1) is 8.22. The van der Waals surface area contributed by atoms with Crippen LogP contribution in [0.2, 0.25) is 5.15 Å². The Morgan fingerprint density at radius 1 is 1.71 bits per heavy atom. The van der Waals surface area contributed by atoms with E-state index in [0.29, 0.717) is 12.2 Å². The lowest BCUT2D eigenvalue weighted by atomic mass is 10.2. The number of carbonyl (C=O) groups is 1. The highest BCUT2D eigenvalue weighted by Crippen LogP contribution is 2.21. The van der Waals surface area contributed by atoms with Crippen molar-refractivity contribution >= 4 is 23.3 Å². The van der Waals surface area contributed by atoms with Gasteiger partial charge in [0.25, 0.3) is 0 Å². The van der Waals surface area contributed by atoms with E-state index in [1.165, 1.54) is 0 Å². The van der Waals surface area contributed by atoms with E-state index in [0.717, 1.165) is 12.8 Å². The van der Waals surface area contributed by atoms with Gasteiger partial charge in [0.2, 0.25) is 0 Å². The van der Waals surface area contributed by atoms with Gasteiger partial charge in [-0.05, 0) is 25.0 Å². The Morgan fingerprint density at radius 3 is 3.24 bits per heavy atom. The molecule has 0 unspecified atom stereocenters. The van der Waals surface area contributed by atoms with Crippen molar-refractivity contribution in [2.75, 3.05) is 18.5 Å². The number of aliphatic hydroxyl groups excluding tert-OH is 1. The van der Waals surface area contributed by atoms with Crippen molar-refractivity contribution in [3.8, 4) is 0 Å². The summed E-state index contributed by atoms with van der Waals surface area (Å²) in [4.78, 5) is 17.5. The zero-order valence-electron chi connectivity index (χ0n) is 9.27. The van der Waals surface area contributed by atoms with Crippen LogP contribution >= 0.6 is 11.6 Å². The van der Waals surface area contributed by atoms with Gasteiger partial charge in [-0.2, -0.15) is 0 Å².